The highest BCUT2D eigenvalue weighted by atomic mass is 35.5. The molecule has 0 atom stereocenters. The lowest BCUT2D eigenvalue weighted by Gasteiger charge is -2.00. The van der Waals surface area contributed by atoms with Crippen molar-refractivity contribution in [2.24, 2.45) is 0 Å². The third kappa shape index (κ3) is 1.57. The zero-order valence-corrected chi connectivity index (χ0v) is 9.34. The molecule has 16 heavy (non-hydrogen) atoms. The minimum atomic E-state index is -0.481. The molecule has 1 aromatic carbocycles. The van der Waals surface area contributed by atoms with E-state index in [-0.39, 0.29) is 0 Å². The summed E-state index contributed by atoms with van der Waals surface area (Å²) >= 11 is 5.79. The summed E-state index contributed by atoms with van der Waals surface area (Å²) in [7, 11) is 0. The number of aromatic amines is 1. The number of allylic oxidation sites excluding steroid dienone is 1. The van der Waals surface area contributed by atoms with Crippen LogP contribution in [0.2, 0.25) is 5.02 Å². The first kappa shape index (κ1) is 10.7. The van der Waals surface area contributed by atoms with Crippen LogP contribution in [0.1, 0.15) is 11.7 Å². The van der Waals surface area contributed by atoms with Crippen LogP contribution in [0.5, 0.6) is 0 Å². The Labute approximate surface area is 96.1 Å². The number of carbonyl (C=O) groups is 1. The number of halogens is 1. The normalized spacial score (nSPS) is 10.6. The number of aromatic nitrogens is 2. The Morgan fingerprint density at radius 1 is 1.50 bits per heavy atom. The predicted molar refractivity (Wildman–Crippen MR) is 63.0 cm³/mol. The zero-order chi connectivity index (χ0) is 11.9. The number of fused-ring (bicyclic) bond motifs is 1. The third-order valence-corrected chi connectivity index (χ3v) is 2.45. The zero-order valence-electron chi connectivity index (χ0n) is 8.58. The second-order valence-corrected chi connectivity index (χ2v) is 3.95. The highest BCUT2D eigenvalue weighted by molar-refractivity contribution is 6.31. The summed E-state index contributed by atoms with van der Waals surface area (Å²) in [5.74, 6) is -0.418. The van der Waals surface area contributed by atoms with Crippen LogP contribution in [-0.2, 0) is 0 Å². The Balaban J connectivity index is 2.80. The molecule has 0 spiro atoms. The minimum Gasteiger partial charge on any atom is -0.305 e. The number of imidazole rings is 1. The molecule has 0 aliphatic rings. The van der Waals surface area contributed by atoms with E-state index in [9.17, 15) is 9.59 Å². The number of hydrogen-bond donors (Lipinski definition) is 1. The summed E-state index contributed by atoms with van der Waals surface area (Å²) in [5.41, 5.74) is 0.859. The molecule has 5 heteroatoms. The van der Waals surface area contributed by atoms with Crippen molar-refractivity contribution in [3.05, 3.63) is 45.9 Å². The monoisotopic (exact) mass is 236 g/mol. The van der Waals surface area contributed by atoms with Crippen LogP contribution in [-0.4, -0.2) is 15.5 Å². The van der Waals surface area contributed by atoms with Gasteiger partial charge in [-0.1, -0.05) is 18.2 Å². The number of nitrogens with zero attached hydrogens (tertiary/aromatic N) is 1. The molecule has 1 N–H and O–H groups in total. The first-order valence-corrected chi connectivity index (χ1v) is 4.99. The van der Waals surface area contributed by atoms with Gasteiger partial charge in [0.05, 0.1) is 11.0 Å². The SMILES string of the molecule is C=C(C)C(=O)n1c(=O)[nH]c2cc(Cl)ccc21. The third-order valence-electron chi connectivity index (χ3n) is 2.21. The van der Waals surface area contributed by atoms with Crippen molar-refractivity contribution in [1.82, 2.24) is 9.55 Å². The summed E-state index contributed by atoms with van der Waals surface area (Å²) in [6, 6.07) is 4.84. The summed E-state index contributed by atoms with van der Waals surface area (Å²) in [6.07, 6.45) is 0. The quantitative estimate of drug-likeness (QED) is 0.772. The van der Waals surface area contributed by atoms with Crippen LogP contribution in [0, 0.1) is 0 Å². The van der Waals surface area contributed by atoms with Gasteiger partial charge < -0.3 is 4.98 Å². The molecular weight excluding hydrogens is 228 g/mol. The maximum Gasteiger partial charge on any atom is 0.333 e. The van der Waals surface area contributed by atoms with Crippen molar-refractivity contribution in [1.29, 1.82) is 0 Å². The molecule has 1 heterocycles. The highest BCUT2D eigenvalue weighted by Gasteiger charge is 2.14. The summed E-state index contributed by atoms with van der Waals surface area (Å²) < 4.78 is 1.05. The number of hydrogen-bond acceptors (Lipinski definition) is 2. The Morgan fingerprint density at radius 3 is 2.81 bits per heavy atom. The molecule has 0 saturated heterocycles. The first-order valence-electron chi connectivity index (χ1n) is 4.61. The Morgan fingerprint density at radius 2 is 2.19 bits per heavy atom. The fraction of sp³-hybridized carbons (Fsp3) is 0.0909. The molecule has 2 rings (SSSR count). The van der Waals surface area contributed by atoms with E-state index in [4.69, 9.17) is 11.6 Å². The van der Waals surface area contributed by atoms with Crippen molar-refractivity contribution in [3.63, 3.8) is 0 Å². The van der Waals surface area contributed by atoms with Crippen molar-refractivity contribution in [2.45, 2.75) is 6.92 Å². The molecular formula is C11H9ClN2O2. The number of nitrogens with one attached hydrogen (secondary N) is 1. The van der Waals surface area contributed by atoms with Crippen LogP contribution in [0.25, 0.3) is 11.0 Å². The molecule has 0 fully saturated rings. The second-order valence-electron chi connectivity index (χ2n) is 3.51. The number of carbonyl (C=O) groups excluding carboxylic acids is 1. The van der Waals surface area contributed by atoms with Gasteiger partial charge in [-0.15, -0.1) is 0 Å². The molecule has 2 aromatic rings. The van der Waals surface area contributed by atoms with Crippen LogP contribution >= 0.6 is 11.6 Å². The second kappa shape index (κ2) is 3.64. The van der Waals surface area contributed by atoms with E-state index < -0.39 is 11.6 Å². The van der Waals surface area contributed by atoms with Gasteiger partial charge in [0.15, 0.2) is 0 Å². The molecule has 82 valence electrons. The van der Waals surface area contributed by atoms with Gasteiger partial charge in [-0.25, -0.2) is 9.36 Å². The first-order chi connectivity index (χ1) is 7.50. The van der Waals surface area contributed by atoms with Gasteiger partial charge in [-0.2, -0.15) is 0 Å². The smallest absolute Gasteiger partial charge is 0.305 e. The average Bonchev–Trinajstić information content (AvgIpc) is 2.51. The molecule has 1 aromatic heterocycles. The van der Waals surface area contributed by atoms with Crippen LogP contribution in [0.15, 0.2) is 35.1 Å². The van der Waals surface area contributed by atoms with Crippen molar-refractivity contribution in [2.75, 3.05) is 0 Å². The topological polar surface area (TPSA) is 54.9 Å². The van der Waals surface area contributed by atoms with E-state index in [1.54, 1.807) is 25.1 Å². The van der Waals surface area contributed by atoms with E-state index >= 15 is 0 Å². The summed E-state index contributed by atoms with van der Waals surface area (Å²) in [6.45, 7) is 5.09. The van der Waals surface area contributed by atoms with E-state index in [2.05, 4.69) is 11.6 Å². The largest absolute Gasteiger partial charge is 0.333 e. The van der Waals surface area contributed by atoms with Gasteiger partial charge in [-0.05, 0) is 25.1 Å². The van der Waals surface area contributed by atoms with E-state index in [0.717, 1.165) is 4.57 Å². The molecule has 0 aliphatic carbocycles. The van der Waals surface area contributed by atoms with Crippen molar-refractivity contribution >= 4 is 28.5 Å². The highest BCUT2D eigenvalue weighted by Crippen LogP contribution is 2.16. The van der Waals surface area contributed by atoms with Crippen LogP contribution < -0.4 is 5.69 Å². The summed E-state index contributed by atoms with van der Waals surface area (Å²) in [4.78, 5) is 25.9. The standard InChI is InChI=1S/C11H9ClN2O2/c1-6(2)10(15)14-9-4-3-7(12)5-8(9)13-11(14)16/h3-5H,1H2,2H3,(H,13,16). The Hall–Kier alpha value is -1.81. The fourth-order valence-electron chi connectivity index (χ4n) is 1.48. The van der Waals surface area contributed by atoms with Gasteiger partial charge >= 0.3 is 5.69 Å². The number of benzene rings is 1. The van der Waals surface area contributed by atoms with Gasteiger partial charge in [0.25, 0.3) is 5.91 Å². The molecule has 0 saturated carbocycles. The number of rotatable bonds is 1. The number of H-pyrrole nitrogens is 1. The average molecular weight is 237 g/mol. The minimum absolute atomic E-state index is 0.304. The molecule has 0 unspecified atom stereocenters. The van der Waals surface area contributed by atoms with Crippen LogP contribution in [0.3, 0.4) is 0 Å². The lowest BCUT2D eigenvalue weighted by Crippen LogP contribution is -2.24. The maximum atomic E-state index is 11.7. The van der Waals surface area contributed by atoms with E-state index in [1.807, 2.05) is 0 Å². The van der Waals surface area contributed by atoms with Crippen molar-refractivity contribution in [3.8, 4) is 0 Å². The lowest BCUT2D eigenvalue weighted by atomic mass is 10.3. The van der Waals surface area contributed by atoms with Gasteiger partial charge in [0.2, 0.25) is 0 Å². The molecule has 0 aliphatic heterocycles. The molecule has 0 amide bonds. The summed E-state index contributed by atoms with van der Waals surface area (Å²) in [5, 5.41) is 0.503. The molecule has 4 nitrogen and oxygen atoms in total. The molecule has 0 radical (unpaired) electrons. The fourth-order valence-corrected chi connectivity index (χ4v) is 1.65. The van der Waals surface area contributed by atoms with E-state index in [1.165, 1.54) is 0 Å². The lowest BCUT2D eigenvalue weighted by molar-refractivity contribution is 0.0956. The van der Waals surface area contributed by atoms with E-state index in [0.29, 0.717) is 21.6 Å². The van der Waals surface area contributed by atoms with Crippen LogP contribution in [0.4, 0.5) is 0 Å². The Bertz CT molecular complexity index is 652. The maximum absolute atomic E-state index is 11.7. The molecule has 0 bridgehead atoms. The predicted octanol–water partition coefficient (Wildman–Crippen LogP) is 2.20. The van der Waals surface area contributed by atoms with Crippen molar-refractivity contribution < 1.29 is 4.79 Å². The Kier molecular flexibility index (Phi) is 2.44. The van der Waals surface area contributed by atoms with Gasteiger partial charge in [-0.3, -0.25) is 4.79 Å². The van der Waals surface area contributed by atoms with Gasteiger partial charge in [0, 0.05) is 10.6 Å². The van der Waals surface area contributed by atoms with Gasteiger partial charge in [0.1, 0.15) is 0 Å².